The standard InChI is InChI=1S/C15H20N2OS.ClH/c1-3-17(4-2)11-7-8-12(13(18)10-11)15(16)14-6-5-9-19-14;/h5-10,15,18H,3-4,16H2,1-2H3;1H/t15-;/m1./s1. The molecular formula is C15H21ClN2OS. The number of benzene rings is 1. The molecule has 5 heteroatoms. The van der Waals surface area contributed by atoms with Crippen molar-refractivity contribution in [3.05, 3.63) is 46.2 Å². The van der Waals surface area contributed by atoms with E-state index in [1.54, 1.807) is 17.4 Å². The third kappa shape index (κ3) is 3.45. The molecular weight excluding hydrogens is 292 g/mol. The van der Waals surface area contributed by atoms with Gasteiger partial charge >= 0.3 is 0 Å². The summed E-state index contributed by atoms with van der Waals surface area (Å²) in [6.07, 6.45) is 0. The molecule has 0 amide bonds. The summed E-state index contributed by atoms with van der Waals surface area (Å²) in [4.78, 5) is 3.26. The van der Waals surface area contributed by atoms with E-state index in [1.165, 1.54) is 0 Å². The van der Waals surface area contributed by atoms with E-state index in [4.69, 9.17) is 5.73 Å². The molecule has 0 saturated heterocycles. The summed E-state index contributed by atoms with van der Waals surface area (Å²) in [7, 11) is 0. The number of aromatic hydroxyl groups is 1. The minimum atomic E-state index is -0.259. The van der Waals surface area contributed by atoms with Gasteiger partial charge in [-0.25, -0.2) is 0 Å². The molecule has 0 saturated carbocycles. The number of rotatable bonds is 5. The van der Waals surface area contributed by atoms with E-state index < -0.39 is 0 Å². The fourth-order valence-corrected chi connectivity index (χ4v) is 2.95. The van der Waals surface area contributed by atoms with Gasteiger partial charge in [-0.3, -0.25) is 0 Å². The van der Waals surface area contributed by atoms with Gasteiger partial charge in [-0.15, -0.1) is 23.7 Å². The number of hydrogen-bond acceptors (Lipinski definition) is 4. The Morgan fingerprint density at radius 1 is 1.25 bits per heavy atom. The first-order chi connectivity index (χ1) is 9.17. The Kier molecular flexibility index (Phi) is 6.33. The minimum absolute atomic E-state index is 0. The molecule has 0 aliphatic rings. The van der Waals surface area contributed by atoms with Crippen molar-refractivity contribution < 1.29 is 5.11 Å². The zero-order valence-corrected chi connectivity index (χ0v) is 13.4. The average Bonchev–Trinajstić information content (AvgIpc) is 2.93. The minimum Gasteiger partial charge on any atom is -0.508 e. The number of phenols is 1. The maximum atomic E-state index is 10.2. The van der Waals surface area contributed by atoms with E-state index in [1.807, 2.05) is 29.6 Å². The van der Waals surface area contributed by atoms with Crippen LogP contribution in [0, 0.1) is 0 Å². The van der Waals surface area contributed by atoms with Gasteiger partial charge in [0.15, 0.2) is 0 Å². The first kappa shape index (κ1) is 16.8. The smallest absolute Gasteiger partial charge is 0.122 e. The first-order valence-electron chi connectivity index (χ1n) is 6.54. The second-order valence-corrected chi connectivity index (χ2v) is 5.39. The number of halogens is 1. The number of hydrogen-bond donors (Lipinski definition) is 2. The van der Waals surface area contributed by atoms with Gasteiger partial charge in [0, 0.05) is 35.3 Å². The molecule has 0 fully saturated rings. The molecule has 0 aliphatic carbocycles. The summed E-state index contributed by atoms with van der Waals surface area (Å²) in [5.41, 5.74) is 8.00. The molecule has 1 aromatic carbocycles. The van der Waals surface area contributed by atoms with E-state index in [-0.39, 0.29) is 24.2 Å². The molecule has 3 N–H and O–H groups in total. The van der Waals surface area contributed by atoms with Crippen molar-refractivity contribution in [1.82, 2.24) is 0 Å². The van der Waals surface area contributed by atoms with Gasteiger partial charge in [0.2, 0.25) is 0 Å². The number of anilines is 1. The largest absolute Gasteiger partial charge is 0.508 e. The summed E-state index contributed by atoms with van der Waals surface area (Å²) in [5, 5.41) is 12.2. The third-order valence-corrected chi connectivity index (χ3v) is 4.28. The molecule has 2 rings (SSSR count). The lowest BCUT2D eigenvalue weighted by atomic mass is 10.0. The van der Waals surface area contributed by atoms with E-state index in [0.717, 1.165) is 29.2 Å². The molecule has 0 unspecified atom stereocenters. The quantitative estimate of drug-likeness (QED) is 0.883. The van der Waals surface area contributed by atoms with Crippen LogP contribution in [0.3, 0.4) is 0 Å². The molecule has 0 radical (unpaired) electrons. The fourth-order valence-electron chi connectivity index (χ4n) is 2.20. The Balaban J connectivity index is 0.00000200. The van der Waals surface area contributed by atoms with Gasteiger partial charge in [-0.1, -0.05) is 12.1 Å². The van der Waals surface area contributed by atoms with Crippen molar-refractivity contribution in [1.29, 1.82) is 0 Å². The van der Waals surface area contributed by atoms with Crippen LogP contribution in [0.2, 0.25) is 0 Å². The Morgan fingerprint density at radius 2 is 1.95 bits per heavy atom. The van der Waals surface area contributed by atoms with Gasteiger partial charge in [0.05, 0.1) is 6.04 Å². The van der Waals surface area contributed by atoms with Gasteiger partial charge in [0.1, 0.15) is 5.75 Å². The van der Waals surface area contributed by atoms with Crippen LogP contribution in [0.5, 0.6) is 5.75 Å². The van der Waals surface area contributed by atoms with Crippen molar-refractivity contribution in [2.24, 2.45) is 5.73 Å². The van der Waals surface area contributed by atoms with Crippen molar-refractivity contribution >= 4 is 29.4 Å². The lowest BCUT2D eigenvalue weighted by molar-refractivity contribution is 0.465. The van der Waals surface area contributed by atoms with Gasteiger partial charge in [-0.05, 0) is 31.4 Å². The Bertz CT molecular complexity index is 527. The zero-order chi connectivity index (χ0) is 13.8. The number of nitrogens with zero attached hydrogens (tertiary/aromatic N) is 1. The van der Waals surface area contributed by atoms with Gasteiger partial charge in [0.25, 0.3) is 0 Å². The summed E-state index contributed by atoms with van der Waals surface area (Å²) >= 11 is 1.61. The van der Waals surface area contributed by atoms with Crippen LogP contribution >= 0.6 is 23.7 Å². The normalized spacial score (nSPS) is 11.8. The predicted octanol–water partition coefficient (Wildman–Crippen LogP) is 3.77. The Morgan fingerprint density at radius 3 is 2.45 bits per heavy atom. The van der Waals surface area contributed by atoms with Gasteiger partial charge in [-0.2, -0.15) is 0 Å². The fraction of sp³-hybridized carbons (Fsp3) is 0.333. The van der Waals surface area contributed by atoms with Crippen LogP contribution in [0.15, 0.2) is 35.7 Å². The first-order valence-corrected chi connectivity index (χ1v) is 7.42. The van der Waals surface area contributed by atoms with Crippen LogP contribution in [-0.2, 0) is 0 Å². The second-order valence-electron chi connectivity index (χ2n) is 4.41. The second kappa shape index (κ2) is 7.53. The summed E-state index contributed by atoms with van der Waals surface area (Å²) in [6, 6.07) is 9.46. The van der Waals surface area contributed by atoms with Crippen LogP contribution < -0.4 is 10.6 Å². The number of thiophene rings is 1. The highest BCUT2D eigenvalue weighted by molar-refractivity contribution is 7.10. The predicted molar refractivity (Wildman–Crippen MR) is 89.3 cm³/mol. The van der Waals surface area contributed by atoms with Crippen LogP contribution in [-0.4, -0.2) is 18.2 Å². The van der Waals surface area contributed by atoms with E-state index in [0.29, 0.717) is 0 Å². The Labute approximate surface area is 130 Å². The van der Waals surface area contributed by atoms with E-state index >= 15 is 0 Å². The lowest BCUT2D eigenvalue weighted by Gasteiger charge is -2.22. The van der Waals surface area contributed by atoms with Crippen molar-refractivity contribution in [3.63, 3.8) is 0 Å². The zero-order valence-electron chi connectivity index (χ0n) is 11.7. The van der Waals surface area contributed by atoms with Crippen molar-refractivity contribution in [3.8, 4) is 5.75 Å². The molecule has 20 heavy (non-hydrogen) atoms. The molecule has 1 atom stereocenters. The highest BCUT2D eigenvalue weighted by atomic mass is 35.5. The molecule has 3 nitrogen and oxygen atoms in total. The van der Waals surface area contributed by atoms with Crippen LogP contribution in [0.25, 0.3) is 0 Å². The van der Waals surface area contributed by atoms with Crippen molar-refractivity contribution in [2.45, 2.75) is 19.9 Å². The topological polar surface area (TPSA) is 49.5 Å². The highest BCUT2D eigenvalue weighted by Crippen LogP contribution is 2.32. The van der Waals surface area contributed by atoms with Gasteiger partial charge < -0.3 is 15.7 Å². The van der Waals surface area contributed by atoms with Crippen LogP contribution in [0.4, 0.5) is 5.69 Å². The number of phenolic OH excluding ortho intramolecular Hbond substituents is 1. The van der Waals surface area contributed by atoms with E-state index in [9.17, 15) is 5.11 Å². The lowest BCUT2D eigenvalue weighted by Crippen LogP contribution is -2.21. The van der Waals surface area contributed by atoms with Crippen LogP contribution in [0.1, 0.15) is 30.3 Å². The third-order valence-electron chi connectivity index (χ3n) is 3.33. The average molecular weight is 313 g/mol. The maximum Gasteiger partial charge on any atom is 0.122 e. The molecule has 0 bridgehead atoms. The van der Waals surface area contributed by atoms with Crippen molar-refractivity contribution in [2.75, 3.05) is 18.0 Å². The molecule has 0 spiro atoms. The highest BCUT2D eigenvalue weighted by Gasteiger charge is 2.15. The SMILES string of the molecule is CCN(CC)c1ccc([C@@H](N)c2cccs2)c(O)c1.Cl. The van der Waals surface area contributed by atoms with E-state index in [2.05, 4.69) is 18.7 Å². The summed E-state index contributed by atoms with van der Waals surface area (Å²) in [5.74, 6) is 0.269. The summed E-state index contributed by atoms with van der Waals surface area (Å²) < 4.78 is 0. The molecule has 110 valence electrons. The molecule has 2 aromatic rings. The molecule has 1 heterocycles. The maximum absolute atomic E-state index is 10.2. The molecule has 1 aromatic heterocycles. The number of nitrogens with two attached hydrogens (primary N) is 1. The molecule has 0 aliphatic heterocycles. The Hall–Kier alpha value is -1.23. The summed E-state index contributed by atoms with van der Waals surface area (Å²) in [6.45, 7) is 6.05. The monoisotopic (exact) mass is 312 g/mol.